The fourth-order valence-corrected chi connectivity index (χ4v) is 4.07. The van der Waals surface area contributed by atoms with E-state index in [4.69, 9.17) is 4.74 Å². The Balaban J connectivity index is 1.68. The van der Waals surface area contributed by atoms with Crippen molar-refractivity contribution in [1.29, 1.82) is 0 Å². The van der Waals surface area contributed by atoms with E-state index in [-0.39, 0.29) is 23.6 Å². The topological polar surface area (TPSA) is 98.1 Å². The average molecular weight is 480 g/mol. The highest BCUT2D eigenvalue weighted by Crippen LogP contribution is 2.26. The highest BCUT2D eigenvalue weighted by Gasteiger charge is 2.20. The van der Waals surface area contributed by atoms with E-state index in [0.29, 0.717) is 34.5 Å². The summed E-state index contributed by atoms with van der Waals surface area (Å²) in [7, 11) is 1.56. The highest BCUT2D eigenvalue weighted by atomic mass is 32.2. The molecule has 0 radical (unpaired) electrons. The molecular weight excluding hydrogens is 450 g/mol. The lowest BCUT2D eigenvalue weighted by Crippen LogP contribution is -2.28. The molecular formula is C25H29N5O3S. The lowest BCUT2D eigenvalue weighted by molar-refractivity contribution is -0.113. The summed E-state index contributed by atoms with van der Waals surface area (Å²) in [5, 5.41) is 14.9. The van der Waals surface area contributed by atoms with Gasteiger partial charge < -0.3 is 19.9 Å². The van der Waals surface area contributed by atoms with Gasteiger partial charge in [0.2, 0.25) is 5.91 Å². The molecule has 0 aliphatic carbocycles. The summed E-state index contributed by atoms with van der Waals surface area (Å²) < 4.78 is 7.17. The third-order valence-electron chi connectivity index (χ3n) is 5.07. The van der Waals surface area contributed by atoms with Crippen LogP contribution in [0.1, 0.15) is 40.3 Å². The van der Waals surface area contributed by atoms with Gasteiger partial charge in [0, 0.05) is 12.1 Å². The number of nitrogens with zero attached hydrogens (tertiary/aromatic N) is 3. The lowest BCUT2D eigenvalue weighted by Gasteiger charge is -2.15. The second-order valence-corrected chi connectivity index (χ2v) is 8.78. The van der Waals surface area contributed by atoms with Crippen molar-refractivity contribution in [1.82, 2.24) is 20.1 Å². The summed E-state index contributed by atoms with van der Waals surface area (Å²) >= 11 is 1.26. The SMILES string of the molecule is C=CCn1c(SCC(=O)Nc2cc(C)ccc2OC)nnc1[C@H](C)NC(=O)c1ccc(C)cc1. The van der Waals surface area contributed by atoms with E-state index in [1.54, 1.807) is 25.3 Å². The van der Waals surface area contributed by atoms with E-state index < -0.39 is 0 Å². The number of nitrogens with one attached hydrogen (secondary N) is 2. The zero-order valence-electron chi connectivity index (χ0n) is 19.8. The third-order valence-corrected chi connectivity index (χ3v) is 6.03. The second-order valence-electron chi connectivity index (χ2n) is 7.84. The Bertz CT molecular complexity index is 1170. The standard InChI is InChI=1S/C25H29N5O3S/c1-6-13-30-23(18(4)26-24(32)19-10-7-16(2)8-11-19)28-29-25(30)34-15-22(31)27-20-14-17(3)9-12-21(20)33-5/h6-12,14,18H,1,13,15H2,2-5H3,(H,26,32)(H,27,31)/t18-/m0/s1. The number of carbonyl (C=O) groups is 2. The average Bonchev–Trinajstić information content (AvgIpc) is 3.21. The van der Waals surface area contributed by atoms with Crippen molar-refractivity contribution in [2.24, 2.45) is 0 Å². The molecule has 1 aromatic heterocycles. The molecule has 3 rings (SSSR count). The number of hydrogen-bond donors (Lipinski definition) is 2. The molecule has 0 saturated carbocycles. The molecule has 1 heterocycles. The van der Waals surface area contributed by atoms with E-state index in [9.17, 15) is 9.59 Å². The van der Waals surface area contributed by atoms with Crippen LogP contribution in [0.3, 0.4) is 0 Å². The Morgan fingerprint density at radius 1 is 1.15 bits per heavy atom. The van der Waals surface area contributed by atoms with Crippen LogP contribution in [-0.2, 0) is 11.3 Å². The Labute approximate surface area is 203 Å². The molecule has 3 aromatic rings. The van der Waals surface area contributed by atoms with Crippen LogP contribution in [0.2, 0.25) is 0 Å². The number of aryl methyl sites for hydroxylation is 2. The number of allylic oxidation sites excluding steroid dienone is 1. The molecule has 0 aliphatic heterocycles. The number of ether oxygens (including phenoxy) is 1. The number of amides is 2. The van der Waals surface area contributed by atoms with Gasteiger partial charge in [-0.05, 0) is 50.6 Å². The number of benzene rings is 2. The summed E-state index contributed by atoms with van der Waals surface area (Å²) in [6.07, 6.45) is 1.73. The van der Waals surface area contributed by atoms with Gasteiger partial charge >= 0.3 is 0 Å². The molecule has 34 heavy (non-hydrogen) atoms. The Morgan fingerprint density at radius 3 is 2.53 bits per heavy atom. The van der Waals surface area contributed by atoms with Gasteiger partial charge in [-0.25, -0.2) is 0 Å². The first kappa shape index (κ1) is 25.0. The Morgan fingerprint density at radius 2 is 1.85 bits per heavy atom. The highest BCUT2D eigenvalue weighted by molar-refractivity contribution is 7.99. The minimum atomic E-state index is -0.388. The molecule has 0 bridgehead atoms. The first-order valence-corrected chi connectivity index (χ1v) is 11.8. The van der Waals surface area contributed by atoms with Gasteiger partial charge in [-0.2, -0.15) is 0 Å². The molecule has 178 valence electrons. The fourth-order valence-electron chi connectivity index (χ4n) is 3.31. The van der Waals surface area contributed by atoms with Gasteiger partial charge in [-0.3, -0.25) is 9.59 Å². The number of hydrogen-bond acceptors (Lipinski definition) is 6. The molecule has 8 nitrogen and oxygen atoms in total. The number of aromatic nitrogens is 3. The lowest BCUT2D eigenvalue weighted by atomic mass is 10.1. The smallest absolute Gasteiger partial charge is 0.251 e. The number of anilines is 1. The van der Waals surface area contributed by atoms with Crippen molar-refractivity contribution in [2.75, 3.05) is 18.2 Å². The van der Waals surface area contributed by atoms with E-state index in [1.807, 2.05) is 55.7 Å². The van der Waals surface area contributed by atoms with Crippen molar-refractivity contribution < 1.29 is 14.3 Å². The number of methoxy groups -OCH3 is 1. The molecule has 1 atom stereocenters. The molecule has 2 aromatic carbocycles. The minimum absolute atomic E-state index is 0.135. The van der Waals surface area contributed by atoms with E-state index >= 15 is 0 Å². The van der Waals surface area contributed by atoms with Crippen LogP contribution in [0.5, 0.6) is 5.75 Å². The molecule has 9 heteroatoms. The van der Waals surface area contributed by atoms with Crippen LogP contribution >= 0.6 is 11.8 Å². The van der Waals surface area contributed by atoms with Crippen LogP contribution in [-0.4, -0.2) is 39.4 Å². The van der Waals surface area contributed by atoms with Gasteiger partial charge in [0.1, 0.15) is 5.75 Å². The number of thioether (sulfide) groups is 1. The maximum atomic E-state index is 12.6. The Kier molecular flexibility index (Phi) is 8.48. The van der Waals surface area contributed by atoms with Crippen molar-refractivity contribution >= 4 is 29.3 Å². The molecule has 0 fully saturated rings. The van der Waals surface area contributed by atoms with Gasteiger partial charge in [-0.15, -0.1) is 16.8 Å². The summed E-state index contributed by atoms with van der Waals surface area (Å²) in [6, 6.07) is 12.6. The predicted molar refractivity (Wildman–Crippen MR) is 134 cm³/mol. The normalized spacial score (nSPS) is 11.5. The van der Waals surface area contributed by atoms with Crippen LogP contribution in [0.25, 0.3) is 0 Å². The summed E-state index contributed by atoms with van der Waals surface area (Å²) in [6.45, 7) is 10.0. The van der Waals surface area contributed by atoms with E-state index in [2.05, 4.69) is 27.4 Å². The van der Waals surface area contributed by atoms with Crippen LogP contribution in [0, 0.1) is 13.8 Å². The molecule has 0 aliphatic rings. The van der Waals surface area contributed by atoms with Crippen molar-refractivity contribution in [3.05, 3.63) is 77.6 Å². The molecule has 0 saturated heterocycles. The molecule has 0 unspecified atom stereocenters. The summed E-state index contributed by atoms with van der Waals surface area (Å²) in [5.74, 6) is 0.935. The zero-order valence-corrected chi connectivity index (χ0v) is 20.6. The number of rotatable bonds is 10. The first-order valence-electron chi connectivity index (χ1n) is 10.8. The van der Waals surface area contributed by atoms with Crippen molar-refractivity contribution in [3.63, 3.8) is 0 Å². The molecule has 0 spiro atoms. The van der Waals surface area contributed by atoms with E-state index in [0.717, 1.165) is 11.1 Å². The third kappa shape index (κ3) is 6.26. The number of carbonyl (C=O) groups excluding carboxylic acids is 2. The van der Waals surface area contributed by atoms with Crippen molar-refractivity contribution in [3.8, 4) is 5.75 Å². The van der Waals surface area contributed by atoms with Gasteiger partial charge in [0.15, 0.2) is 11.0 Å². The van der Waals surface area contributed by atoms with Crippen LogP contribution in [0.15, 0.2) is 60.3 Å². The van der Waals surface area contributed by atoms with Gasteiger partial charge in [0.05, 0.1) is 24.6 Å². The maximum Gasteiger partial charge on any atom is 0.251 e. The Hall–Kier alpha value is -3.59. The first-order chi connectivity index (χ1) is 16.3. The summed E-state index contributed by atoms with van der Waals surface area (Å²) in [5.41, 5.74) is 3.29. The minimum Gasteiger partial charge on any atom is -0.495 e. The fraction of sp³-hybridized carbons (Fsp3) is 0.280. The second kappa shape index (κ2) is 11.5. The zero-order chi connectivity index (χ0) is 24.7. The monoisotopic (exact) mass is 479 g/mol. The van der Waals surface area contributed by atoms with Crippen molar-refractivity contribution in [2.45, 2.75) is 38.5 Å². The maximum absolute atomic E-state index is 12.6. The van der Waals surface area contributed by atoms with Crippen LogP contribution < -0.4 is 15.4 Å². The van der Waals surface area contributed by atoms with Gasteiger partial charge in [0.25, 0.3) is 5.91 Å². The summed E-state index contributed by atoms with van der Waals surface area (Å²) in [4.78, 5) is 25.2. The van der Waals surface area contributed by atoms with Gasteiger partial charge in [-0.1, -0.05) is 41.6 Å². The van der Waals surface area contributed by atoms with E-state index in [1.165, 1.54) is 11.8 Å². The molecule has 2 N–H and O–H groups in total. The predicted octanol–water partition coefficient (Wildman–Crippen LogP) is 4.31. The van der Waals surface area contributed by atoms with Crippen LogP contribution in [0.4, 0.5) is 5.69 Å². The molecule has 2 amide bonds. The largest absolute Gasteiger partial charge is 0.495 e. The quantitative estimate of drug-likeness (QED) is 0.332.